The molecule has 1 heterocycles. The average Bonchev–Trinajstić information content (AvgIpc) is 3.15. The molecular weight excluding hydrogens is 344 g/mol. The fourth-order valence-corrected chi connectivity index (χ4v) is 3.39. The van der Waals surface area contributed by atoms with Crippen LogP contribution in [0.5, 0.6) is 11.5 Å². The number of benzene rings is 2. The third kappa shape index (κ3) is 3.89. The van der Waals surface area contributed by atoms with E-state index in [9.17, 15) is 9.59 Å². The van der Waals surface area contributed by atoms with Crippen LogP contribution in [-0.4, -0.2) is 32.6 Å². The van der Waals surface area contributed by atoms with E-state index in [-0.39, 0.29) is 18.2 Å². The number of methoxy groups -OCH3 is 2. The van der Waals surface area contributed by atoms with Gasteiger partial charge in [0.15, 0.2) is 11.5 Å². The lowest BCUT2D eigenvalue weighted by Gasteiger charge is -2.22. The first kappa shape index (κ1) is 18.8. The second-order valence-corrected chi connectivity index (χ2v) is 6.43. The van der Waals surface area contributed by atoms with Gasteiger partial charge in [0.05, 0.1) is 25.6 Å². The molecule has 2 aromatic carbocycles. The molecule has 0 unspecified atom stereocenters. The van der Waals surface area contributed by atoms with E-state index in [0.717, 1.165) is 29.8 Å². The van der Waals surface area contributed by atoms with Gasteiger partial charge in [-0.2, -0.15) is 0 Å². The molecule has 0 bridgehead atoms. The number of aryl methyl sites for hydroxylation is 1. The first-order valence-electron chi connectivity index (χ1n) is 8.95. The molecule has 1 aliphatic rings. The summed E-state index contributed by atoms with van der Waals surface area (Å²) in [7, 11) is 3.16. The number of ether oxygens (including phenoxy) is 2. The van der Waals surface area contributed by atoms with E-state index in [2.05, 4.69) is 5.32 Å². The molecule has 0 atom stereocenters. The summed E-state index contributed by atoms with van der Waals surface area (Å²) in [5.74, 6) is 0.758. The van der Waals surface area contributed by atoms with Crippen LogP contribution in [0.3, 0.4) is 0 Å². The molecule has 0 spiro atoms. The Labute approximate surface area is 159 Å². The van der Waals surface area contributed by atoms with Crippen molar-refractivity contribution in [1.29, 1.82) is 0 Å². The monoisotopic (exact) mass is 368 g/mol. The molecule has 27 heavy (non-hydrogen) atoms. The van der Waals surface area contributed by atoms with Crippen molar-refractivity contribution in [3.05, 3.63) is 47.5 Å². The minimum Gasteiger partial charge on any atom is -0.493 e. The molecule has 6 nitrogen and oxygen atoms in total. The van der Waals surface area contributed by atoms with Crippen LogP contribution in [0, 0.1) is 0 Å². The van der Waals surface area contributed by atoms with Crippen LogP contribution in [0.2, 0.25) is 0 Å². The summed E-state index contributed by atoms with van der Waals surface area (Å²) < 4.78 is 10.5. The van der Waals surface area contributed by atoms with Gasteiger partial charge in [0.1, 0.15) is 0 Å². The molecule has 0 aromatic heterocycles. The van der Waals surface area contributed by atoms with Gasteiger partial charge in [-0.25, -0.2) is 4.90 Å². The van der Waals surface area contributed by atoms with E-state index in [1.165, 1.54) is 11.8 Å². The van der Waals surface area contributed by atoms with Gasteiger partial charge in [-0.15, -0.1) is 0 Å². The van der Waals surface area contributed by atoms with Gasteiger partial charge >= 0.3 is 0 Å². The first-order chi connectivity index (χ1) is 13.0. The Morgan fingerprint density at radius 3 is 2.59 bits per heavy atom. The minimum absolute atomic E-state index is 0.221. The summed E-state index contributed by atoms with van der Waals surface area (Å²) in [4.78, 5) is 26.4. The standard InChI is InChI=1S/C21H24N2O4/c1-14(24)23(17-6-4-5-16-11-12-22-21(16)17)20(25)10-8-15-7-9-18(26-2)19(13-15)27-3/h4-7,9,13,22H,8,10-12H2,1-3H3. The van der Waals surface area contributed by atoms with Crippen molar-refractivity contribution in [1.82, 2.24) is 0 Å². The van der Waals surface area contributed by atoms with Crippen LogP contribution in [0.25, 0.3) is 0 Å². The van der Waals surface area contributed by atoms with Crippen LogP contribution in [0.1, 0.15) is 24.5 Å². The zero-order valence-corrected chi connectivity index (χ0v) is 15.9. The van der Waals surface area contributed by atoms with Crippen LogP contribution >= 0.6 is 0 Å². The van der Waals surface area contributed by atoms with Crippen molar-refractivity contribution in [3.8, 4) is 11.5 Å². The molecule has 2 amide bonds. The summed E-state index contributed by atoms with van der Waals surface area (Å²) in [5, 5.41) is 3.28. The SMILES string of the molecule is COc1ccc(CCC(=O)N(C(C)=O)c2cccc3c2NCC3)cc1OC. The predicted octanol–water partition coefficient (Wildman–Crippen LogP) is 3.18. The Morgan fingerprint density at radius 1 is 1.11 bits per heavy atom. The molecular formula is C21H24N2O4. The third-order valence-electron chi connectivity index (χ3n) is 4.71. The van der Waals surface area contributed by atoms with Crippen LogP contribution in [0.4, 0.5) is 11.4 Å². The lowest BCUT2D eigenvalue weighted by Crippen LogP contribution is -2.35. The smallest absolute Gasteiger partial charge is 0.234 e. The summed E-state index contributed by atoms with van der Waals surface area (Å²) in [5.41, 5.74) is 3.59. The van der Waals surface area contributed by atoms with Crippen molar-refractivity contribution in [2.45, 2.75) is 26.2 Å². The summed E-state index contributed by atoms with van der Waals surface area (Å²) in [6.07, 6.45) is 1.62. The maximum atomic E-state index is 12.9. The number of nitrogens with one attached hydrogen (secondary N) is 1. The van der Waals surface area contributed by atoms with Gasteiger partial charge in [0.2, 0.25) is 11.8 Å². The highest BCUT2D eigenvalue weighted by molar-refractivity contribution is 6.16. The lowest BCUT2D eigenvalue weighted by molar-refractivity contribution is -0.125. The summed E-state index contributed by atoms with van der Waals surface area (Å²) in [6.45, 7) is 2.24. The lowest BCUT2D eigenvalue weighted by atomic mass is 10.1. The predicted molar refractivity (Wildman–Crippen MR) is 105 cm³/mol. The van der Waals surface area contributed by atoms with E-state index >= 15 is 0 Å². The highest BCUT2D eigenvalue weighted by atomic mass is 16.5. The number of imide groups is 1. The number of hydrogen-bond acceptors (Lipinski definition) is 5. The minimum atomic E-state index is -0.283. The molecule has 2 aromatic rings. The quantitative estimate of drug-likeness (QED) is 0.848. The summed E-state index contributed by atoms with van der Waals surface area (Å²) >= 11 is 0. The number of amides is 2. The second kappa shape index (κ2) is 8.12. The van der Waals surface area contributed by atoms with Crippen molar-refractivity contribution >= 4 is 23.2 Å². The number of hydrogen-bond donors (Lipinski definition) is 1. The molecule has 6 heteroatoms. The van der Waals surface area contributed by atoms with E-state index in [1.807, 2.05) is 36.4 Å². The Kier molecular flexibility index (Phi) is 5.64. The Hall–Kier alpha value is -3.02. The van der Waals surface area contributed by atoms with Crippen molar-refractivity contribution in [2.24, 2.45) is 0 Å². The van der Waals surface area contributed by atoms with Gasteiger partial charge in [0, 0.05) is 19.9 Å². The van der Waals surface area contributed by atoms with Gasteiger partial charge in [0.25, 0.3) is 0 Å². The van der Waals surface area contributed by atoms with Crippen molar-refractivity contribution < 1.29 is 19.1 Å². The third-order valence-corrected chi connectivity index (χ3v) is 4.71. The van der Waals surface area contributed by atoms with Gasteiger partial charge in [-0.3, -0.25) is 9.59 Å². The average molecular weight is 368 g/mol. The van der Waals surface area contributed by atoms with E-state index in [4.69, 9.17) is 9.47 Å². The number of para-hydroxylation sites is 1. The van der Waals surface area contributed by atoms with E-state index in [0.29, 0.717) is 23.6 Å². The molecule has 0 fully saturated rings. The molecule has 0 aliphatic carbocycles. The number of anilines is 2. The fourth-order valence-electron chi connectivity index (χ4n) is 3.39. The van der Waals surface area contributed by atoms with E-state index in [1.54, 1.807) is 14.2 Å². The largest absolute Gasteiger partial charge is 0.493 e. The Bertz CT molecular complexity index is 863. The number of fused-ring (bicyclic) bond motifs is 1. The number of rotatable bonds is 6. The zero-order valence-electron chi connectivity index (χ0n) is 15.9. The Balaban J connectivity index is 1.78. The normalized spacial score (nSPS) is 12.1. The maximum absolute atomic E-state index is 12.9. The highest BCUT2D eigenvalue weighted by Crippen LogP contribution is 2.34. The Morgan fingerprint density at radius 2 is 1.89 bits per heavy atom. The number of carbonyl (C=O) groups is 2. The number of carbonyl (C=O) groups excluding carboxylic acids is 2. The molecule has 1 N–H and O–H groups in total. The fraction of sp³-hybridized carbons (Fsp3) is 0.333. The highest BCUT2D eigenvalue weighted by Gasteiger charge is 2.25. The topological polar surface area (TPSA) is 67.9 Å². The number of nitrogens with zero attached hydrogens (tertiary/aromatic N) is 1. The molecule has 0 saturated heterocycles. The van der Waals surface area contributed by atoms with Crippen molar-refractivity contribution in [3.63, 3.8) is 0 Å². The van der Waals surface area contributed by atoms with Gasteiger partial charge in [-0.1, -0.05) is 18.2 Å². The first-order valence-corrected chi connectivity index (χ1v) is 8.95. The van der Waals surface area contributed by atoms with E-state index < -0.39 is 0 Å². The van der Waals surface area contributed by atoms with Crippen LogP contribution in [-0.2, 0) is 22.4 Å². The molecule has 0 saturated carbocycles. The summed E-state index contributed by atoms with van der Waals surface area (Å²) in [6, 6.07) is 11.3. The molecule has 3 rings (SSSR count). The zero-order chi connectivity index (χ0) is 19.4. The molecule has 142 valence electrons. The second-order valence-electron chi connectivity index (χ2n) is 6.43. The molecule has 0 radical (unpaired) electrons. The maximum Gasteiger partial charge on any atom is 0.234 e. The van der Waals surface area contributed by atoms with Gasteiger partial charge < -0.3 is 14.8 Å². The van der Waals surface area contributed by atoms with Crippen LogP contribution in [0.15, 0.2) is 36.4 Å². The molecule has 1 aliphatic heterocycles. The van der Waals surface area contributed by atoms with Crippen molar-refractivity contribution in [2.75, 3.05) is 31.0 Å². The van der Waals surface area contributed by atoms with Crippen LogP contribution < -0.4 is 19.7 Å². The van der Waals surface area contributed by atoms with Gasteiger partial charge in [-0.05, 0) is 42.2 Å².